The number of hydrogen-bond acceptors (Lipinski definition) is 3. The minimum Gasteiger partial charge on any atom is -0.494 e. The first-order valence-electron chi connectivity index (χ1n) is 6.78. The number of ether oxygens (including phenoxy) is 1. The molecule has 3 heteroatoms. The van der Waals surface area contributed by atoms with Crippen molar-refractivity contribution in [3.8, 4) is 5.75 Å². The van der Waals surface area contributed by atoms with Crippen molar-refractivity contribution in [2.24, 2.45) is 0 Å². The molecule has 1 atom stereocenters. The summed E-state index contributed by atoms with van der Waals surface area (Å²) in [5, 5.41) is 3.55. The zero-order valence-corrected chi connectivity index (χ0v) is 12.1. The minimum atomic E-state index is 0.361. The fourth-order valence-corrected chi connectivity index (χ4v) is 2.06. The lowest BCUT2D eigenvalue weighted by atomic mass is 10.0. The number of nitrogens with one attached hydrogen (secondary N) is 1. The molecule has 1 aromatic rings. The van der Waals surface area contributed by atoms with Crippen LogP contribution in [-0.2, 0) is 0 Å². The molecule has 18 heavy (non-hydrogen) atoms. The fourth-order valence-electron chi connectivity index (χ4n) is 2.06. The fraction of sp³-hybridized carbons (Fsp3) is 0.600. The van der Waals surface area contributed by atoms with Gasteiger partial charge in [0.25, 0.3) is 0 Å². The van der Waals surface area contributed by atoms with Crippen LogP contribution in [0.3, 0.4) is 0 Å². The third-order valence-corrected chi connectivity index (χ3v) is 2.91. The first-order valence-corrected chi connectivity index (χ1v) is 6.78. The van der Waals surface area contributed by atoms with Crippen molar-refractivity contribution in [1.29, 1.82) is 0 Å². The van der Waals surface area contributed by atoms with Crippen molar-refractivity contribution < 1.29 is 4.74 Å². The lowest BCUT2D eigenvalue weighted by Gasteiger charge is -2.22. The van der Waals surface area contributed by atoms with E-state index in [1.807, 2.05) is 13.0 Å². The van der Waals surface area contributed by atoms with Crippen molar-refractivity contribution >= 4 is 0 Å². The highest BCUT2D eigenvalue weighted by Gasteiger charge is 2.14. The lowest BCUT2D eigenvalue weighted by Crippen LogP contribution is -2.26. The molecule has 0 saturated carbocycles. The number of nitrogens with zero attached hydrogens (tertiary/aromatic N) is 1. The quantitative estimate of drug-likeness (QED) is 0.767. The van der Waals surface area contributed by atoms with Gasteiger partial charge in [0.05, 0.1) is 6.61 Å². The molecule has 0 amide bonds. The Kier molecular flexibility index (Phi) is 6.76. The van der Waals surface area contributed by atoms with Gasteiger partial charge < -0.3 is 15.0 Å². The molecule has 0 bridgehead atoms. The first-order chi connectivity index (χ1) is 8.69. The average molecular weight is 250 g/mol. The van der Waals surface area contributed by atoms with Crippen LogP contribution < -0.4 is 10.1 Å². The second kappa shape index (κ2) is 8.11. The number of para-hydroxylation sites is 1. The Morgan fingerprint density at radius 1 is 1.22 bits per heavy atom. The summed E-state index contributed by atoms with van der Waals surface area (Å²) < 4.78 is 5.72. The normalized spacial score (nSPS) is 12.7. The van der Waals surface area contributed by atoms with Gasteiger partial charge >= 0.3 is 0 Å². The Balaban J connectivity index is 2.82. The molecular formula is C15H26N2O. The molecule has 0 saturated heterocycles. The number of hydrogen-bond donors (Lipinski definition) is 1. The van der Waals surface area contributed by atoms with Crippen molar-refractivity contribution in [1.82, 2.24) is 10.2 Å². The van der Waals surface area contributed by atoms with Crippen molar-refractivity contribution in [3.05, 3.63) is 29.8 Å². The van der Waals surface area contributed by atoms with E-state index in [0.29, 0.717) is 12.6 Å². The van der Waals surface area contributed by atoms with E-state index in [1.54, 1.807) is 0 Å². The summed E-state index contributed by atoms with van der Waals surface area (Å²) in [7, 11) is 4.22. The van der Waals surface area contributed by atoms with E-state index >= 15 is 0 Å². The summed E-state index contributed by atoms with van der Waals surface area (Å²) in [5.41, 5.74) is 1.27. The summed E-state index contributed by atoms with van der Waals surface area (Å²) in [5.74, 6) is 1.00. The molecule has 0 radical (unpaired) electrons. The molecule has 0 aliphatic carbocycles. The summed E-state index contributed by atoms with van der Waals surface area (Å²) >= 11 is 0. The molecule has 102 valence electrons. The van der Waals surface area contributed by atoms with Crippen LogP contribution in [0.25, 0.3) is 0 Å². The predicted octanol–water partition coefficient (Wildman–Crippen LogP) is 2.69. The largest absolute Gasteiger partial charge is 0.494 e. The molecule has 1 N–H and O–H groups in total. The third kappa shape index (κ3) is 4.67. The Bertz CT molecular complexity index is 339. The number of benzene rings is 1. The van der Waals surface area contributed by atoms with Gasteiger partial charge in [0.15, 0.2) is 0 Å². The predicted molar refractivity (Wildman–Crippen MR) is 77.2 cm³/mol. The van der Waals surface area contributed by atoms with E-state index < -0.39 is 0 Å². The van der Waals surface area contributed by atoms with Crippen LogP contribution >= 0.6 is 0 Å². The minimum absolute atomic E-state index is 0.361. The molecular weight excluding hydrogens is 224 g/mol. The van der Waals surface area contributed by atoms with Crippen LogP contribution in [0, 0.1) is 0 Å². The highest BCUT2D eigenvalue weighted by Crippen LogP contribution is 2.27. The van der Waals surface area contributed by atoms with Crippen molar-refractivity contribution in [2.75, 3.05) is 33.8 Å². The molecule has 3 nitrogen and oxygen atoms in total. The van der Waals surface area contributed by atoms with Crippen LogP contribution in [0.1, 0.15) is 31.9 Å². The molecule has 0 aliphatic heterocycles. The van der Waals surface area contributed by atoms with Crippen LogP contribution in [0.4, 0.5) is 0 Å². The van der Waals surface area contributed by atoms with E-state index in [9.17, 15) is 0 Å². The van der Waals surface area contributed by atoms with E-state index in [-0.39, 0.29) is 0 Å². The molecule has 0 aliphatic rings. The van der Waals surface area contributed by atoms with Gasteiger partial charge in [-0.25, -0.2) is 0 Å². The summed E-state index contributed by atoms with van der Waals surface area (Å²) in [4.78, 5) is 2.22. The highest BCUT2D eigenvalue weighted by atomic mass is 16.5. The van der Waals surface area contributed by atoms with Gasteiger partial charge in [-0.05, 0) is 46.6 Å². The molecule has 1 rings (SSSR count). The van der Waals surface area contributed by atoms with Gasteiger partial charge in [-0.3, -0.25) is 0 Å². The number of rotatable bonds is 8. The Hall–Kier alpha value is -1.06. The van der Waals surface area contributed by atoms with Gasteiger partial charge in [-0.15, -0.1) is 0 Å². The Labute approximate surface area is 111 Å². The third-order valence-electron chi connectivity index (χ3n) is 2.91. The van der Waals surface area contributed by atoms with Gasteiger partial charge in [-0.1, -0.05) is 25.1 Å². The molecule has 1 unspecified atom stereocenters. The van der Waals surface area contributed by atoms with Crippen molar-refractivity contribution in [2.45, 2.75) is 26.3 Å². The van der Waals surface area contributed by atoms with E-state index in [1.165, 1.54) is 5.56 Å². The van der Waals surface area contributed by atoms with Gasteiger partial charge in [0.2, 0.25) is 0 Å². The standard InChI is InChI=1S/C15H26N2O/c1-5-16-14(11-12-17(3)4)13-9-7-8-10-15(13)18-6-2/h7-10,14,16H,5-6,11-12H2,1-4H3. The van der Waals surface area contributed by atoms with Crippen LogP contribution in [-0.4, -0.2) is 38.7 Å². The van der Waals surface area contributed by atoms with Gasteiger partial charge in [0, 0.05) is 11.6 Å². The maximum atomic E-state index is 5.72. The maximum absolute atomic E-state index is 5.72. The van der Waals surface area contributed by atoms with Gasteiger partial charge in [-0.2, -0.15) is 0 Å². The average Bonchev–Trinajstić information content (AvgIpc) is 2.35. The molecule has 0 fully saturated rings. The SMILES string of the molecule is CCNC(CCN(C)C)c1ccccc1OCC. The molecule has 0 heterocycles. The Morgan fingerprint density at radius 3 is 2.56 bits per heavy atom. The van der Waals surface area contributed by atoms with E-state index in [4.69, 9.17) is 4.74 Å². The first kappa shape index (κ1) is 15.0. The van der Waals surface area contributed by atoms with E-state index in [0.717, 1.165) is 25.3 Å². The lowest BCUT2D eigenvalue weighted by molar-refractivity contribution is 0.322. The summed E-state index contributed by atoms with van der Waals surface area (Å²) in [6.07, 6.45) is 1.09. The Morgan fingerprint density at radius 2 is 1.94 bits per heavy atom. The van der Waals surface area contributed by atoms with Crippen LogP contribution in [0.2, 0.25) is 0 Å². The smallest absolute Gasteiger partial charge is 0.124 e. The highest BCUT2D eigenvalue weighted by molar-refractivity contribution is 5.36. The van der Waals surface area contributed by atoms with Crippen LogP contribution in [0.15, 0.2) is 24.3 Å². The second-order valence-corrected chi connectivity index (χ2v) is 4.67. The van der Waals surface area contributed by atoms with E-state index in [2.05, 4.69) is 49.4 Å². The molecule has 0 aromatic heterocycles. The van der Waals surface area contributed by atoms with Crippen molar-refractivity contribution in [3.63, 3.8) is 0 Å². The zero-order chi connectivity index (χ0) is 13.4. The van der Waals surface area contributed by atoms with Crippen LogP contribution in [0.5, 0.6) is 5.75 Å². The second-order valence-electron chi connectivity index (χ2n) is 4.67. The monoisotopic (exact) mass is 250 g/mol. The molecule has 0 spiro atoms. The van der Waals surface area contributed by atoms with Gasteiger partial charge in [0.1, 0.15) is 5.75 Å². The summed E-state index contributed by atoms with van der Waals surface area (Å²) in [6, 6.07) is 8.69. The summed E-state index contributed by atoms with van der Waals surface area (Å²) in [6.45, 7) is 6.92. The topological polar surface area (TPSA) is 24.5 Å². The maximum Gasteiger partial charge on any atom is 0.124 e. The molecule has 1 aromatic carbocycles. The zero-order valence-electron chi connectivity index (χ0n) is 12.1.